The van der Waals surface area contributed by atoms with Gasteiger partial charge in [-0.25, -0.2) is 4.39 Å². The Hall–Kier alpha value is -1.91. The lowest BCUT2D eigenvalue weighted by Gasteiger charge is -2.43. The van der Waals surface area contributed by atoms with E-state index in [1.807, 2.05) is 0 Å². The standard InChI is InChI=1S/C15H17FN2O2/c16-12-5-3-11(4-6-12)10-18-13(19)9-17-14(20)15(18)7-1-2-8-15/h3-6H,1-2,7-10H2,(H,17,20). The number of hydrogen-bond acceptors (Lipinski definition) is 2. The molecule has 1 N–H and O–H groups in total. The van der Waals surface area contributed by atoms with Crippen molar-refractivity contribution in [3.8, 4) is 0 Å². The van der Waals surface area contributed by atoms with Crippen LogP contribution in [0.4, 0.5) is 4.39 Å². The summed E-state index contributed by atoms with van der Waals surface area (Å²) in [7, 11) is 0. The summed E-state index contributed by atoms with van der Waals surface area (Å²) in [4.78, 5) is 26.1. The number of nitrogens with zero attached hydrogens (tertiary/aromatic N) is 1. The molecule has 0 unspecified atom stereocenters. The highest BCUT2D eigenvalue weighted by Crippen LogP contribution is 2.38. The van der Waals surface area contributed by atoms with Crippen LogP contribution in [0.2, 0.25) is 0 Å². The highest BCUT2D eigenvalue weighted by molar-refractivity contribution is 5.98. The predicted octanol–water partition coefficient (Wildman–Crippen LogP) is 1.60. The van der Waals surface area contributed by atoms with Gasteiger partial charge in [-0.15, -0.1) is 0 Å². The molecule has 1 aromatic rings. The smallest absolute Gasteiger partial charge is 0.246 e. The summed E-state index contributed by atoms with van der Waals surface area (Å²) in [6.07, 6.45) is 3.35. The molecular formula is C15H17FN2O2. The van der Waals surface area contributed by atoms with Crippen molar-refractivity contribution in [2.24, 2.45) is 0 Å². The van der Waals surface area contributed by atoms with Gasteiger partial charge in [0.2, 0.25) is 11.8 Å². The van der Waals surface area contributed by atoms with Crippen LogP contribution >= 0.6 is 0 Å². The molecule has 1 heterocycles. The van der Waals surface area contributed by atoms with Crippen LogP contribution in [0.25, 0.3) is 0 Å². The van der Waals surface area contributed by atoms with Crippen molar-refractivity contribution < 1.29 is 14.0 Å². The normalized spacial score (nSPS) is 21.4. The average molecular weight is 276 g/mol. The molecule has 2 amide bonds. The van der Waals surface area contributed by atoms with Gasteiger partial charge in [0.15, 0.2) is 0 Å². The van der Waals surface area contributed by atoms with Crippen LogP contribution in [-0.4, -0.2) is 28.8 Å². The van der Waals surface area contributed by atoms with E-state index >= 15 is 0 Å². The second-order valence-electron chi connectivity index (χ2n) is 5.53. The number of hydrogen-bond donors (Lipinski definition) is 1. The van der Waals surface area contributed by atoms with Gasteiger partial charge in [0.05, 0.1) is 6.54 Å². The number of halogens is 1. The van der Waals surface area contributed by atoms with Crippen molar-refractivity contribution in [2.75, 3.05) is 6.54 Å². The van der Waals surface area contributed by atoms with Gasteiger partial charge in [-0.05, 0) is 30.5 Å². The Morgan fingerprint density at radius 3 is 2.45 bits per heavy atom. The average Bonchev–Trinajstić information content (AvgIpc) is 2.92. The Balaban J connectivity index is 1.89. The van der Waals surface area contributed by atoms with Gasteiger partial charge in [0.25, 0.3) is 0 Å². The van der Waals surface area contributed by atoms with Crippen LogP contribution < -0.4 is 5.32 Å². The number of nitrogens with one attached hydrogen (secondary N) is 1. The summed E-state index contributed by atoms with van der Waals surface area (Å²) >= 11 is 0. The molecule has 5 heteroatoms. The van der Waals surface area contributed by atoms with E-state index in [4.69, 9.17) is 0 Å². The maximum Gasteiger partial charge on any atom is 0.246 e. The van der Waals surface area contributed by atoms with Crippen LogP contribution in [0.15, 0.2) is 24.3 Å². The van der Waals surface area contributed by atoms with Gasteiger partial charge < -0.3 is 10.2 Å². The van der Waals surface area contributed by atoms with Crippen molar-refractivity contribution in [2.45, 2.75) is 37.8 Å². The minimum absolute atomic E-state index is 0.0447. The highest BCUT2D eigenvalue weighted by Gasteiger charge is 2.50. The number of rotatable bonds is 2. The first-order chi connectivity index (χ1) is 9.62. The van der Waals surface area contributed by atoms with Crippen molar-refractivity contribution in [1.82, 2.24) is 10.2 Å². The van der Waals surface area contributed by atoms with Crippen LogP contribution in [0.5, 0.6) is 0 Å². The van der Waals surface area contributed by atoms with Crippen molar-refractivity contribution in [3.63, 3.8) is 0 Å². The highest BCUT2D eigenvalue weighted by atomic mass is 19.1. The summed E-state index contributed by atoms with van der Waals surface area (Å²) in [5.41, 5.74) is 0.157. The zero-order chi connectivity index (χ0) is 14.2. The quantitative estimate of drug-likeness (QED) is 0.892. The largest absolute Gasteiger partial charge is 0.345 e. The third-order valence-corrected chi connectivity index (χ3v) is 4.33. The minimum atomic E-state index is -0.691. The first-order valence-electron chi connectivity index (χ1n) is 6.95. The van der Waals surface area contributed by atoms with Gasteiger partial charge in [-0.2, -0.15) is 0 Å². The Morgan fingerprint density at radius 1 is 1.15 bits per heavy atom. The van der Waals surface area contributed by atoms with Gasteiger partial charge in [0, 0.05) is 6.54 Å². The molecule has 1 saturated heterocycles. The van der Waals surface area contributed by atoms with Gasteiger partial charge in [0.1, 0.15) is 11.4 Å². The monoisotopic (exact) mass is 276 g/mol. The maximum atomic E-state index is 13.0. The SMILES string of the molecule is O=C1CNC(=O)C2(CCCC2)N1Cc1ccc(F)cc1. The van der Waals surface area contributed by atoms with E-state index in [2.05, 4.69) is 5.32 Å². The molecule has 0 radical (unpaired) electrons. The van der Waals surface area contributed by atoms with E-state index in [0.717, 1.165) is 18.4 Å². The maximum absolute atomic E-state index is 13.0. The van der Waals surface area contributed by atoms with Crippen LogP contribution in [-0.2, 0) is 16.1 Å². The fourth-order valence-corrected chi connectivity index (χ4v) is 3.25. The van der Waals surface area contributed by atoms with E-state index in [1.54, 1.807) is 17.0 Å². The van der Waals surface area contributed by atoms with E-state index in [1.165, 1.54) is 12.1 Å². The van der Waals surface area contributed by atoms with Crippen molar-refractivity contribution in [3.05, 3.63) is 35.6 Å². The zero-order valence-corrected chi connectivity index (χ0v) is 11.2. The molecule has 1 aromatic carbocycles. The van der Waals surface area contributed by atoms with Crippen LogP contribution in [0.1, 0.15) is 31.2 Å². The predicted molar refractivity (Wildman–Crippen MR) is 71.2 cm³/mol. The lowest BCUT2D eigenvalue weighted by Crippen LogP contribution is -2.65. The molecule has 2 aliphatic rings. The Labute approximate surface area is 117 Å². The number of piperazine rings is 1. The third kappa shape index (κ3) is 2.07. The third-order valence-electron chi connectivity index (χ3n) is 4.33. The first kappa shape index (κ1) is 13.1. The number of amides is 2. The second-order valence-corrected chi connectivity index (χ2v) is 5.53. The van der Waals surface area contributed by atoms with Crippen molar-refractivity contribution >= 4 is 11.8 Å². The minimum Gasteiger partial charge on any atom is -0.345 e. The Morgan fingerprint density at radius 2 is 1.80 bits per heavy atom. The lowest BCUT2D eigenvalue weighted by molar-refractivity contribution is -0.154. The fourth-order valence-electron chi connectivity index (χ4n) is 3.25. The molecule has 20 heavy (non-hydrogen) atoms. The molecule has 1 spiro atoms. The molecule has 0 atom stereocenters. The molecule has 106 valence electrons. The van der Waals surface area contributed by atoms with Crippen molar-refractivity contribution in [1.29, 1.82) is 0 Å². The van der Waals surface area contributed by atoms with E-state index in [9.17, 15) is 14.0 Å². The summed E-state index contributed by atoms with van der Waals surface area (Å²) in [5, 5.41) is 2.70. The number of carbonyl (C=O) groups excluding carboxylic acids is 2. The van der Waals surface area contributed by atoms with E-state index < -0.39 is 5.54 Å². The molecule has 1 aliphatic carbocycles. The van der Waals surface area contributed by atoms with Gasteiger partial charge >= 0.3 is 0 Å². The second kappa shape index (κ2) is 4.89. The molecule has 1 saturated carbocycles. The summed E-state index contributed by atoms with van der Waals surface area (Å²) in [6, 6.07) is 6.09. The molecule has 1 aliphatic heterocycles. The molecule has 4 nitrogen and oxygen atoms in total. The van der Waals surface area contributed by atoms with Crippen LogP contribution in [0.3, 0.4) is 0 Å². The summed E-state index contributed by atoms with van der Waals surface area (Å²) in [5.74, 6) is -0.403. The molecule has 3 rings (SSSR count). The van der Waals surface area contributed by atoms with Gasteiger partial charge in [-0.3, -0.25) is 9.59 Å². The molecular weight excluding hydrogens is 259 g/mol. The fraction of sp³-hybridized carbons (Fsp3) is 0.467. The lowest BCUT2D eigenvalue weighted by atomic mass is 9.90. The summed E-state index contributed by atoms with van der Waals surface area (Å²) in [6.45, 7) is 0.425. The van der Waals surface area contributed by atoms with Crippen LogP contribution in [0, 0.1) is 5.82 Å². The topological polar surface area (TPSA) is 49.4 Å². The Kier molecular flexibility index (Phi) is 3.20. The van der Waals surface area contributed by atoms with Gasteiger partial charge in [-0.1, -0.05) is 25.0 Å². The van der Waals surface area contributed by atoms with E-state index in [0.29, 0.717) is 19.4 Å². The first-order valence-corrected chi connectivity index (χ1v) is 6.95. The molecule has 0 aromatic heterocycles. The zero-order valence-electron chi connectivity index (χ0n) is 11.2. The summed E-state index contributed by atoms with van der Waals surface area (Å²) < 4.78 is 13.0. The number of carbonyl (C=O) groups is 2. The molecule has 2 fully saturated rings. The van der Waals surface area contributed by atoms with E-state index in [-0.39, 0.29) is 24.2 Å². The number of benzene rings is 1. The Bertz CT molecular complexity index is 535. The molecule has 0 bridgehead atoms.